The number of aryl methyl sites for hydroxylation is 3. The summed E-state index contributed by atoms with van der Waals surface area (Å²) in [6.07, 6.45) is 6.02. The number of rotatable bonds is 7. The minimum absolute atomic E-state index is 0.0907. The lowest BCUT2D eigenvalue weighted by molar-refractivity contribution is 0.0939. The van der Waals surface area contributed by atoms with E-state index in [4.69, 9.17) is 5.73 Å². The number of fused-ring (bicyclic) bond motifs is 3. The van der Waals surface area contributed by atoms with Gasteiger partial charge >= 0.3 is 0 Å². The molecule has 3 N–H and O–H groups in total. The second-order valence-corrected chi connectivity index (χ2v) is 8.86. The molecule has 3 aromatic rings. The van der Waals surface area contributed by atoms with Crippen molar-refractivity contribution in [2.75, 3.05) is 6.54 Å². The average Bonchev–Trinajstić information content (AvgIpc) is 3.28. The number of aromatic nitrogens is 2. The zero-order valence-electron chi connectivity index (χ0n) is 17.2. The minimum atomic E-state index is -0.268. The van der Waals surface area contributed by atoms with Crippen LogP contribution in [0.2, 0.25) is 0 Å². The van der Waals surface area contributed by atoms with Crippen molar-refractivity contribution in [2.45, 2.75) is 51.6 Å². The molecule has 0 saturated carbocycles. The van der Waals surface area contributed by atoms with Crippen molar-refractivity contribution in [2.24, 2.45) is 5.73 Å². The highest BCUT2D eigenvalue weighted by Crippen LogP contribution is 2.37. The lowest BCUT2D eigenvalue weighted by atomic mass is 10.0. The molecule has 0 fully saturated rings. The average molecular weight is 427 g/mol. The minimum Gasteiger partial charge on any atom is -0.348 e. The summed E-state index contributed by atoms with van der Waals surface area (Å²) in [6, 6.07) is 8.37. The molecule has 3 heterocycles. The van der Waals surface area contributed by atoms with Crippen LogP contribution >= 0.6 is 11.3 Å². The van der Waals surface area contributed by atoms with Crippen LogP contribution in [0.1, 0.15) is 45.4 Å². The van der Waals surface area contributed by atoms with Gasteiger partial charge in [0.2, 0.25) is 0 Å². The smallest absolute Gasteiger partial charge is 0.261 e. The van der Waals surface area contributed by atoms with E-state index >= 15 is 0 Å². The summed E-state index contributed by atoms with van der Waals surface area (Å²) < 4.78 is 15.6. The van der Waals surface area contributed by atoms with Crippen LogP contribution in [-0.2, 0) is 25.8 Å². The number of halogens is 1. The summed E-state index contributed by atoms with van der Waals surface area (Å²) in [5.41, 5.74) is 10.1. The normalized spacial score (nSPS) is 14.0. The molecule has 0 aliphatic carbocycles. The van der Waals surface area contributed by atoms with Crippen LogP contribution in [0.25, 0.3) is 11.3 Å². The molecule has 1 aliphatic rings. The Morgan fingerprint density at radius 3 is 3.03 bits per heavy atom. The van der Waals surface area contributed by atoms with Crippen molar-refractivity contribution in [3.63, 3.8) is 0 Å². The Hall–Kier alpha value is -2.51. The zero-order chi connectivity index (χ0) is 21.1. The Morgan fingerprint density at radius 2 is 2.27 bits per heavy atom. The number of nitrogens with two attached hydrogens (primary N) is 1. The first kappa shape index (κ1) is 20.8. The molecular formula is C23H27FN4OS. The molecule has 0 radical (unpaired) electrons. The first-order valence-corrected chi connectivity index (χ1v) is 11.3. The number of thiophene rings is 1. The Bertz CT molecular complexity index is 1040. The highest BCUT2D eigenvalue weighted by molar-refractivity contribution is 7.14. The molecule has 1 aliphatic heterocycles. The van der Waals surface area contributed by atoms with Gasteiger partial charge in [-0.1, -0.05) is 19.1 Å². The van der Waals surface area contributed by atoms with Crippen molar-refractivity contribution in [3.8, 4) is 11.3 Å². The lowest BCUT2D eigenvalue weighted by Crippen LogP contribution is -2.37. The number of carbonyl (C=O) groups is 1. The second kappa shape index (κ2) is 9.10. The fourth-order valence-electron chi connectivity index (χ4n) is 4.11. The van der Waals surface area contributed by atoms with Gasteiger partial charge in [-0.25, -0.2) is 4.39 Å². The zero-order valence-corrected chi connectivity index (χ0v) is 18.0. The van der Waals surface area contributed by atoms with E-state index in [0.29, 0.717) is 24.3 Å². The van der Waals surface area contributed by atoms with Crippen LogP contribution in [0.15, 0.2) is 36.5 Å². The summed E-state index contributed by atoms with van der Waals surface area (Å²) in [6.45, 7) is 3.50. The molecule has 0 bridgehead atoms. The molecule has 4 rings (SSSR count). The molecule has 0 saturated heterocycles. The number of nitrogens with one attached hydrogen (secondary N) is 1. The number of benzene rings is 1. The largest absolute Gasteiger partial charge is 0.348 e. The Kier molecular flexibility index (Phi) is 6.29. The number of hydrogen-bond donors (Lipinski definition) is 2. The van der Waals surface area contributed by atoms with E-state index in [1.54, 1.807) is 17.4 Å². The Morgan fingerprint density at radius 1 is 1.40 bits per heavy atom. The van der Waals surface area contributed by atoms with Gasteiger partial charge in [0, 0.05) is 23.0 Å². The van der Waals surface area contributed by atoms with Gasteiger partial charge in [-0.15, -0.1) is 11.3 Å². The van der Waals surface area contributed by atoms with Gasteiger partial charge < -0.3 is 11.1 Å². The van der Waals surface area contributed by atoms with E-state index in [2.05, 4.69) is 22.0 Å². The summed E-state index contributed by atoms with van der Waals surface area (Å²) in [4.78, 5) is 15.0. The van der Waals surface area contributed by atoms with Crippen LogP contribution in [0.3, 0.4) is 0 Å². The topological polar surface area (TPSA) is 72.9 Å². The van der Waals surface area contributed by atoms with Crippen molar-refractivity contribution in [1.82, 2.24) is 15.1 Å². The van der Waals surface area contributed by atoms with E-state index < -0.39 is 0 Å². The number of nitrogens with zero attached hydrogens (tertiary/aromatic N) is 2. The standard InChI is InChI=1S/C23H27FN4OS/c1-2-16-14-26-28-10-4-7-20-19(22(16)28)13-21(30-20)23(29)27-18(8-9-25)12-15-5-3-6-17(24)11-15/h3,5-6,11,13-14,18H,2,4,7-10,12,25H2,1H3,(H,27,29)/t18-/m1/s1. The third-order valence-corrected chi connectivity index (χ3v) is 6.77. The third kappa shape index (κ3) is 4.32. The molecular weight excluding hydrogens is 399 g/mol. The SMILES string of the molecule is CCc1cnn2c1-c1cc(C(=O)N[C@H](CCN)Cc3cccc(F)c3)sc1CCC2. The molecule has 5 nitrogen and oxygen atoms in total. The van der Waals surface area contributed by atoms with Crippen molar-refractivity contribution in [3.05, 3.63) is 63.2 Å². The third-order valence-electron chi connectivity index (χ3n) is 5.58. The molecule has 7 heteroatoms. The summed E-state index contributed by atoms with van der Waals surface area (Å²) in [7, 11) is 0. The Balaban J connectivity index is 1.56. The van der Waals surface area contributed by atoms with Crippen LogP contribution in [0.5, 0.6) is 0 Å². The van der Waals surface area contributed by atoms with Gasteiger partial charge in [-0.2, -0.15) is 5.10 Å². The van der Waals surface area contributed by atoms with Crippen LogP contribution < -0.4 is 11.1 Å². The predicted molar refractivity (Wildman–Crippen MR) is 118 cm³/mol. The maximum Gasteiger partial charge on any atom is 0.261 e. The predicted octanol–water partition coefficient (Wildman–Crippen LogP) is 3.95. The molecule has 158 valence electrons. The summed E-state index contributed by atoms with van der Waals surface area (Å²) in [5.74, 6) is -0.359. The summed E-state index contributed by atoms with van der Waals surface area (Å²) in [5, 5.41) is 7.66. The van der Waals surface area contributed by atoms with Gasteiger partial charge in [0.15, 0.2) is 0 Å². The number of carbonyl (C=O) groups excluding carboxylic acids is 1. The summed E-state index contributed by atoms with van der Waals surface area (Å²) >= 11 is 1.57. The Labute approximate surface area is 180 Å². The molecule has 2 aromatic heterocycles. The highest BCUT2D eigenvalue weighted by atomic mass is 32.1. The molecule has 0 unspecified atom stereocenters. The highest BCUT2D eigenvalue weighted by Gasteiger charge is 2.24. The second-order valence-electron chi connectivity index (χ2n) is 7.73. The van der Waals surface area contributed by atoms with E-state index in [1.807, 2.05) is 18.3 Å². The van der Waals surface area contributed by atoms with Gasteiger partial charge in [-0.3, -0.25) is 9.48 Å². The lowest BCUT2D eigenvalue weighted by Gasteiger charge is -2.18. The molecule has 0 spiro atoms. The van der Waals surface area contributed by atoms with E-state index in [0.717, 1.165) is 42.6 Å². The van der Waals surface area contributed by atoms with E-state index in [-0.39, 0.29) is 17.8 Å². The van der Waals surface area contributed by atoms with Crippen LogP contribution in [0.4, 0.5) is 4.39 Å². The fraction of sp³-hybridized carbons (Fsp3) is 0.391. The molecule has 30 heavy (non-hydrogen) atoms. The van der Waals surface area contributed by atoms with E-state index in [1.165, 1.54) is 22.6 Å². The van der Waals surface area contributed by atoms with Crippen molar-refractivity contribution in [1.29, 1.82) is 0 Å². The van der Waals surface area contributed by atoms with Gasteiger partial charge in [0.25, 0.3) is 5.91 Å². The van der Waals surface area contributed by atoms with Gasteiger partial charge in [0.1, 0.15) is 5.82 Å². The maximum atomic E-state index is 13.5. The molecule has 1 aromatic carbocycles. The van der Waals surface area contributed by atoms with Gasteiger partial charge in [-0.05, 0) is 68.0 Å². The first-order chi connectivity index (χ1) is 14.6. The first-order valence-electron chi connectivity index (χ1n) is 10.5. The fourth-order valence-corrected chi connectivity index (χ4v) is 5.22. The quantitative estimate of drug-likeness (QED) is 0.601. The molecule has 1 atom stereocenters. The number of amides is 1. The van der Waals surface area contributed by atoms with Gasteiger partial charge in [0.05, 0.1) is 16.8 Å². The van der Waals surface area contributed by atoms with Crippen LogP contribution in [0, 0.1) is 5.82 Å². The van der Waals surface area contributed by atoms with Crippen molar-refractivity contribution < 1.29 is 9.18 Å². The van der Waals surface area contributed by atoms with E-state index in [9.17, 15) is 9.18 Å². The maximum absolute atomic E-state index is 13.5. The van der Waals surface area contributed by atoms with Crippen molar-refractivity contribution >= 4 is 17.2 Å². The molecule has 1 amide bonds. The van der Waals surface area contributed by atoms with Crippen LogP contribution in [-0.4, -0.2) is 28.3 Å². The number of hydrogen-bond acceptors (Lipinski definition) is 4. The monoisotopic (exact) mass is 426 g/mol.